The van der Waals surface area contributed by atoms with Gasteiger partial charge in [0.15, 0.2) is 11.5 Å². The van der Waals surface area contributed by atoms with E-state index in [2.05, 4.69) is 4.98 Å². The standard InChI is InChI=1S/C20H17ClN2O3/c21-13-2-3-16-14(9-13)15-10-23(6-5-17(15)22-16)20(24)8-12-1-4-18-19(7-12)26-11-25-18/h1-4,7,9,22H,5-6,8,10-11H2. The molecule has 0 saturated carbocycles. The lowest BCUT2D eigenvalue weighted by Gasteiger charge is -2.27. The first kappa shape index (κ1) is 15.6. The van der Waals surface area contributed by atoms with Crippen LogP contribution >= 0.6 is 11.6 Å². The van der Waals surface area contributed by atoms with Gasteiger partial charge in [-0.15, -0.1) is 0 Å². The molecule has 0 saturated heterocycles. The Labute approximate surface area is 155 Å². The Morgan fingerprint density at radius 2 is 2.04 bits per heavy atom. The van der Waals surface area contributed by atoms with Gasteiger partial charge in [0.05, 0.1) is 6.42 Å². The summed E-state index contributed by atoms with van der Waals surface area (Å²) < 4.78 is 10.7. The number of aromatic amines is 1. The second-order valence-electron chi connectivity index (χ2n) is 6.70. The van der Waals surface area contributed by atoms with Crippen LogP contribution in [0.25, 0.3) is 10.9 Å². The van der Waals surface area contributed by atoms with E-state index in [1.165, 1.54) is 11.3 Å². The molecule has 0 unspecified atom stereocenters. The molecule has 2 aliphatic heterocycles. The zero-order chi connectivity index (χ0) is 17.7. The third kappa shape index (κ3) is 2.59. The van der Waals surface area contributed by atoms with Gasteiger partial charge in [0.25, 0.3) is 0 Å². The van der Waals surface area contributed by atoms with Crippen LogP contribution < -0.4 is 9.47 Å². The van der Waals surface area contributed by atoms with Crippen molar-refractivity contribution < 1.29 is 14.3 Å². The van der Waals surface area contributed by atoms with Crippen molar-refractivity contribution in [1.29, 1.82) is 0 Å². The van der Waals surface area contributed by atoms with Crippen molar-refractivity contribution in [3.05, 3.63) is 58.2 Å². The summed E-state index contributed by atoms with van der Waals surface area (Å²) in [5, 5.41) is 1.82. The van der Waals surface area contributed by atoms with Crippen molar-refractivity contribution in [2.75, 3.05) is 13.3 Å². The Morgan fingerprint density at radius 1 is 1.15 bits per heavy atom. The first-order chi connectivity index (χ1) is 12.7. The van der Waals surface area contributed by atoms with Crippen LogP contribution in [0.15, 0.2) is 36.4 Å². The van der Waals surface area contributed by atoms with Crippen LogP contribution in [0.1, 0.15) is 16.8 Å². The molecule has 0 spiro atoms. The predicted molar refractivity (Wildman–Crippen MR) is 98.7 cm³/mol. The van der Waals surface area contributed by atoms with Gasteiger partial charge in [-0.25, -0.2) is 0 Å². The normalized spacial score (nSPS) is 15.3. The summed E-state index contributed by atoms with van der Waals surface area (Å²) in [6, 6.07) is 11.5. The highest BCUT2D eigenvalue weighted by atomic mass is 35.5. The lowest BCUT2D eigenvalue weighted by molar-refractivity contribution is -0.131. The maximum atomic E-state index is 12.8. The lowest BCUT2D eigenvalue weighted by Crippen LogP contribution is -2.36. The summed E-state index contributed by atoms with van der Waals surface area (Å²) in [7, 11) is 0. The highest BCUT2D eigenvalue weighted by molar-refractivity contribution is 6.31. The van der Waals surface area contributed by atoms with E-state index >= 15 is 0 Å². The monoisotopic (exact) mass is 368 g/mol. The van der Waals surface area contributed by atoms with Gasteiger partial charge in [-0.3, -0.25) is 4.79 Å². The molecule has 26 heavy (non-hydrogen) atoms. The Morgan fingerprint density at radius 3 is 2.96 bits per heavy atom. The molecular formula is C20H17ClN2O3. The number of carbonyl (C=O) groups excluding carboxylic acids is 1. The number of carbonyl (C=O) groups is 1. The summed E-state index contributed by atoms with van der Waals surface area (Å²) in [6.45, 7) is 1.57. The Balaban J connectivity index is 1.37. The predicted octanol–water partition coefficient (Wildman–Crippen LogP) is 3.68. The molecule has 0 bridgehead atoms. The quantitative estimate of drug-likeness (QED) is 0.750. The molecule has 5 rings (SSSR count). The minimum absolute atomic E-state index is 0.117. The fourth-order valence-corrected chi connectivity index (χ4v) is 3.91. The van der Waals surface area contributed by atoms with Gasteiger partial charge >= 0.3 is 0 Å². The molecule has 1 N–H and O–H groups in total. The van der Waals surface area contributed by atoms with Gasteiger partial charge < -0.3 is 19.4 Å². The van der Waals surface area contributed by atoms with E-state index in [0.717, 1.165) is 35.2 Å². The number of nitrogens with one attached hydrogen (secondary N) is 1. The minimum Gasteiger partial charge on any atom is -0.454 e. The van der Waals surface area contributed by atoms with Crippen LogP contribution in [0.5, 0.6) is 11.5 Å². The van der Waals surface area contributed by atoms with E-state index in [0.29, 0.717) is 23.7 Å². The number of H-pyrrole nitrogens is 1. The number of hydrogen-bond acceptors (Lipinski definition) is 3. The van der Waals surface area contributed by atoms with Gasteiger partial charge in [0.1, 0.15) is 0 Å². The van der Waals surface area contributed by atoms with Crippen LogP contribution in [0.3, 0.4) is 0 Å². The van der Waals surface area contributed by atoms with Crippen molar-refractivity contribution in [2.45, 2.75) is 19.4 Å². The molecule has 5 nitrogen and oxygen atoms in total. The number of ether oxygens (including phenoxy) is 2. The van der Waals surface area contributed by atoms with E-state index in [1.54, 1.807) is 0 Å². The highest BCUT2D eigenvalue weighted by Crippen LogP contribution is 2.33. The van der Waals surface area contributed by atoms with Crippen molar-refractivity contribution >= 4 is 28.4 Å². The minimum atomic E-state index is 0.117. The number of halogens is 1. The van der Waals surface area contributed by atoms with Crippen molar-refractivity contribution in [2.24, 2.45) is 0 Å². The molecule has 2 aromatic carbocycles. The third-order valence-electron chi connectivity index (χ3n) is 5.08. The van der Waals surface area contributed by atoms with Gasteiger partial charge in [0.2, 0.25) is 12.7 Å². The molecule has 1 amide bonds. The van der Waals surface area contributed by atoms with Gasteiger partial charge in [-0.1, -0.05) is 17.7 Å². The average molecular weight is 369 g/mol. The van der Waals surface area contributed by atoms with E-state index in [4.69, 9.17) is 21.1 Å². The summed E-state index contributed by atoms with van der Waals surface area (Å²) in [4.78, 5) is 18.2. The Kier molecular flexibility index (Phi) is 3.57. The zero-order valence-electron chi connectivity index (χ0n) is 14.0. The third-order valence-corrected chi connectivity index (χ3v) is 5.32. The second kappa shape index (κ2) is 5.95. The molecule has 3 aromatic rings. The number of aromatic nitrogens is 1. The summed E-state index contributed by atoms with van der Waals surface area (Å²) in [6.07, 6.45) is 1.18. The number of rotatable bonds is 2. The highest BCUT2D eigenvalue weighted by Gasteiger charge is 2.24. The first-order valence-electron chi connectivity index (χ1n) is 8.63. The summed E-state index contributed by atoms with van der Waals surface area (Å²) in [5.41, 5.74) is 4.39. The number of fused-ring (bicyclic) bond motifs is 4. The smallest absolute Gasteiger partial charge is 0.231 e. The summed E-state index contributed by atoms with van der Waals surface area (Å²) in [5.74, 6) is 1.56. The topological polar surface area (TPSA) is 54.6 Å². The molecule has 1 aromatic heterocycles. The van der Waals surface area contributed by atoms with Crippen LogP contribution in [-0.4, -0.2) is 29.1 Å². The van der Waals surface area contributed by atoms with Gasteiger partial charge in [0, 0.05) is 46.7 Å². The van der Waals surface area contributed by atoms with Gasteiger partial charge in [-0.2, -0.15) is 0 Å². The maximum Gasteiger partial charge on any atom is 0.231 e. The molecular weight excluding hydrogens is 352 g/mol. The Hall–Kier alpha value is -2.66. The molecule has 2 aliphatic rings. The van der Waals surface area contributed by atoms with E-state index in [9.17, 15) is 4.79 Å². The van der Waals surface area contributed by atoms with Crippen LogP contribution in [0, 0.1) is 0 Å². The van der Waals surface area contributed by atoms with Crippen LogP contribution in [-0.2, 0) is 24.2 Å². The molecule has 3 heterocycles. The summed E-state index contributed by atoms with van der Waals surface area (Å²) >= 11 is 6.15. The SMILES string of the molecule is O=C(Cc1ccc2c(c1)OCO2)N1CCc2[nH]c3ccc(Cl)cc3c2C1. The van der Waals surface area contributed by atoms with E-state index in [-0.39, 0.29) is 12.7 Å². The van der Waals surface area contributed by atoms with Crippen LogP contribution in [0.2, 0.25) is 5.02 Å². The molecule has 0 atom stereocenters. The van der Waals surface area contributed by atoms with Crippen molar-refractivity contribution in [3.8, 4) is 11.5 Å². The number of hydrogen-bond donors (Lipinski definition) is 1. The largest absolute Gasteiger partial charge is 0.454 e. The maximum absolute atomic E-state index is 12.8. The molecule has 132 valence electrons. The first-order valence-corrected chi connectivity index (χ1v) is 9.00. The average Bonchev–Trinajstić information content (AvgIpc) is 3.24. The number of benzene rings is 2. The second-order valence-corrected chi connectivity index (χ2v) is 7.14. The van der Waals surface area contributed by atoms with Gasteiger partial charge in [-0.05, 0) is 35.9 Å². The molecule has 0 radical (unpaired) electrons. The van der Waals surface area contributed by atoms with Crippen molar-refractivity contribution in [3.63, 3.8) is 0 Å². The molecule has 6 heteroatoms. The molecule has 0 fully saturated rings. The van der Waals surface area contributed by atoms with E-state index < -0.39 is 0 Å². The fraction of sp³-hybridized carbons (Fsp3) is 0.250. The number of nitrogens with zero attached hydrogens (tertiary/aromatic N) is 1. The van der Waals surface area contributed by atoms with Crippen molar-refractivity contribution in [1.82, 2.24) is 9.88 Å². The van der Waals surface area contributed by atoms with Crippen LogP contribution in [0.4, 0.5) is 0 Å². The number of amides is 1. The Bertz CT molecular complexity index is 1030. The molecule has 0 aliphatic carbocycles. The van der Waals surface area contributed by atoms with E-state index in [1.807, 2.05) is 41.3 Å². The zero-order valence-corrected chi connectivity index (χ0v) is 14.8. The lowest BCUT2D eigenvalue weighted by atomic mass is 10.0. The fourth-order valence-electron chi connectivity index (χ4n) is 3.74.